The average Bonchev–Trinajstić information content (AvgIpc) is 3.41. The molecule has 1 aliphatic heterocycles. The number of hydrogen-bond donors (Lipinski definition) is 1. The van der Waals surface area contributed by atoms with Gasteiger partial charge in [0.25, 0.3) is 5.91 Å². The third-order valence-corrected chi connectivity index (χ3v) is 5.76. The standard InChI is InChI=1S/C24H25ClFN3O3/c1-16-22(23(25)29(28-16)14-18-4-8-19(26)9-5-18)24(30)27-13-17-6-10-20(11-7-17)32-15-21-3-2-12-31-21/h4-11,21H,2-3,12-15H2,1H3,(H,27,30). The van der Waals surface area contributed by atoms with E-state index in [9.17, 15) is 9.18 Å². The van der Waals surface area contributed by atoms with E-state index in [4.69, 9.17) is 21.1 Å². The van der Waals surface area contributed by atoms with Crippen LogP contribution < -0.4 is 10.1 Å². The fourth-order valence-electron chi connectivity index (χ4n) is 3.62. The predicted octanol–water partition coefficient (Wildman–Crippen LogP) is 4.52. The van der Waals surface area contributed by atoms with E-state index >= 15 is 0 Å². The summed E-state index contributed by atoms with van der Waals surface area (Å²) < 4.78 is 26.0. The number of amides is 1. The number of aryl methyl sites for hydroxylation is 1. The van der Waals surface area contributed by atoms with Crippen LogP contribution in [-0.2, 0) is 17.8 Å². The molecule has 0 bridgehead atoms. The Morgan fingerprint density at radius 2 is 1.94 bits per heavy atom. The quantitative estimate of drug-likeness (QED) is 0.540. The Labute approximate surface area is 191 Å². The molecule has 1 fully saturated rings. The fraction of sp³-hybridized carbons (Fsp3) is 0.333. The van der Waals surface area contributed by atoms with E-state index in [1.54, 1.807) is 23.7 Å². The molecule has 1 aliphatic rings. The van der Waals surface area contributed by atoms with E-state index in [1.807, 2.05) is 24.3 Å². The Morgan fingerprint density at radius 1 is 1.22 bits per heavy atom. The predicted molar refractivity (Wildman–Crippen MR) is 120 cm³/mol. The van der Waals surface area contributed by atoms with Gasteiger partial charge in [0, 0.05) is 13.2 Å². The Morgan fingerprint density at radius 3 is 2.62 bits per heavy atom. The van der Waals surface area contributed by atoms with E-state index in [2.05, 4.69) is 10.4 Å². The maximum Gasteiger partial charge on any atom is 0.256 e. The molecule has 8 heteroatoms. The molecule has 3 aromatic rings. The summed E-state index contributed by atoms with van der Waals surface area (Å²) in [6.45, 7) is 3.80. The molecule has 1 saturated heterocycles. The molecule has 1 amide bonds. The maximum atomic E-state index is 13.1. The summed E-state index contributed by atoms with van der Waals surface area (Å²) in [6.07, 6.45) is 2.29. The Bertz CT molecular complexity index is 1060. The number of carbonyl (C=O) groups is 1. The van der Waals surface area contributed by atoms with E-state index < -0.39 is 0 Å². The van der Waals surface area contributed by atoms with Crippen LogP contribution in [0.5, 0.6) is 5.75 Å². The SMILES string of the molecule is Cc1nn(Cc2ccc(F)cc2)c(Cl)c1C(=O)NCc1ccc(OCC2CCCO2)cc1. The van der Waals surface area contributed by atoms with Crippen LogP contribution in [0.25, 0.3) is 0 Å². The van der Waals surface area contributed by atoms with Crippen molar-refractivity contribution in [2.24, 2.45) is 0 Å². The monoisotopic (exact) mass is 457 g/mol. The number of nitrogens with zero attached hydrogens (tertiary/aromatic N) is 2. The molecule has 1 N–H and O–H groups in total. The van der Waals surface area contributed by atoms with Gasteiger partial charge in [-0.2, -0.15) is 5.10 Å². The minimum absolute atomic E-state index is 0.172. The topological polar surface area (TPSA) is 65.4 Å². The lowest BCUT2D eigenvalue weighted by Gasteiger charge is -2.12. The first-order valence-electron chi connectivity index (χ1n) is 10.6. The molecule has 6 nitrogen and oxygen atoms in total. The van der Waals surface area contributed by atoms with Gasteiger partial charge in [-0.05, 0) is 55.2 Å². The van der Waals surface area contributed by atoms with Crippen LogP contribution in [0.1, 0.15) is 40.0 Å². The van der Waals surface area contributed by atoms with Crippen molar-refractivity contribution in [2.75, 3.05) is 13.2 Å². The molecule has 1 atom stereocenters. The van der Waals surface area contributed by atoms with Gasteiger partial charge in [-0.3, -0.25) is 4.79 Å². The van der Waals surface area contributed by atoms with Gasteiger partial charge in [-0.25, -0.2) is 9.07 Å². The first-order chi connectivity index (χ1) is 15.5. The summed E-state index contributed by atoms with van der Waals surface area (Å²) in [5, 5.41) is 7.51. The second-order valence-electron chi connectivity index (χ2n) is 7.81. The molecule has 32 heavy (non-hydrogen) atoms. The third-order valence-electron chi connectivity index (χ3n) is 5.37. The van der Waals surface area contributed by atoms with E-state index in [0.29, 0.717) is 31.0 Å². The highest BCUT2D eigenvalue weighted by molar-refractivity contribution is 6.33. The second-order valence-corrected chi connectivity index (χ2v) is 8.17. The molecule has 2 heterocycles. The molecule has 1 unspecified atom stereocenters. The molecule has 0 aliphatic carbocycles. The van der Waals surface area contributed by atoms with Crippen molar-refractivity contribution in [1.82, 2.24) is 15.1 Å². The summed E-state index contributed by atoms with van der Waals surface area (Å²) in [5.41, 5.74) is 2.65. The van der Waals surface area contributed by atoms with Crippen LogP contribution in [0.2, 0.25) is 5.15 Å². The zero-order chi connectivity index (χ0) is 22.5. The smallest absolute Gasteiger partial charge is 0.256 e. The highest BCUT2D eigenvalue weighted by atomic mass is 35.5. The zero-order valence-electron chi connectivity index (χ0n) is 17.8. The van der Waals surface area contributed by atoms with E-state index in [-0.39, 0.29) is 23.0 Å². The van der Waals surface area contributed by atoms with E-state index in [1.165, 1.54) is 12.1 Å². The lowest BCUT2D eigenvalue weighted by atomic mass is 10.2. The molecular weight excluding hydrogens is 433 g/mol. The lowest BCUT2D eigenvalue weighted by Crippen LogP contribution is -2.23. The first-order valence-corrected chi connectivity index (χ1v) is 11.0. The molecule has 0 radical (unpaired) electrons. The third kappa shape index (κ3) is 5.47. The van der Waals surface area contributed by atoms with Gasteiger partial charge in [-0.1, -0.05) is 35.9 Å². The number of rotatable bonds is 8. The molecule has 4 rings (SSSR count). The van der Waals surface area contributed by atoms with Crippen molar-refractivity contribution in [3.8, 4) is 5.75 Å². The van der Waals surface area contributed by atoms with Crippen LogP contribution in [0.15, 0.2) is 48.5 Å². The molecule has 0 spiro atoms. The highest BCUT2D eigenvalue weighted by Crippen LogP contribution is 2.22. The van der Waals surface area contributed by atoms with Gasteiger partial charge in [0.15, 0.2) is 0 Å². The van der Waals surface area contributed by atoms with Crippen molar-refractivity contribution < 1.29 is 18.7 Å². The van der Waals surface area contributed by atoms with Crippen molar-refractivity contribution in [3.05, 3.63) is 81.9 Å². The second kappa shape index (κ2) is 10.1. The number of nitrogens with one attached hydrogen (secondary N) is 1. The molecule has 2 aromatic carbocycles. The highest BCUT2D eigenvalue weighted by Gasteiger charge is 2.20. The number of ether oxygens (including phenoxy) is 2. The minimum atomic E-state index is -0.306. The molecular formula is C24H25ClFN3O3. The molecule has 168 valence electrons. The fourth-order valence-corrected chi connectivity index (χ4v) is 3.94. The molecule has 1 aromatic heterocycles. The van der Waals surface area contributed by atoms with Crippen molar-refractivity contribution in [2.45, 2.75) is 39.0 Å². The van der Waals surface area contributed by atoms with Crippen LogP contribution in [0, 0.1) is 12.7 Å². The van der Waals surface area contributed by atoms with Crippen molar-refractivity contribution in [1.29, 1.82) is 0 Å². The number of carbonyl (C=O) groups excluding carboxylic acids is 1. The molecule has 0 saturated carbocycles. The van der Waals surface area contributed by atoms with Gasteiger partial charge < -0.3 is 14.8 Å². The Balaban J connectivity index is 1.33. The van der Waals surface area contributed by atoms with Crippen molar-refractivity contribution in [3.63, 3.8) is 0 Å². The van der Waals surface area contributed by atoms with Gasteiger partial charge >= 0.3 is 0 Å². The number of halogens is 2. The van der Waals surface area contributed by atoms with E-state index in [0.717, 1.165) is 36.3 Å². The van der Waals surface area contributed by atoms with Gasteiger partial charge in [0.05, 0.1) is 23.9 Å². The summed E-state index contributed by atoms with van der Waals surface area (Å²) in [4.78, 5) is 12.7. The lowest BCUT2D eigenvalue weighted by molar-refractivity contribution is 0.0679. The summed E-state index contributed by atoms with van der Waals surface area (Å²) >= 11 is 6.44. The number of benzene rings is 2. The Kier molecular flexibility index (Phi) is 7.07. The minimum Gasteiger partial charge on any atom is -0.491 e. The van der Waals surface area contributed by atoms with Gasteiger partial charge in [0.2, 0.25) is 0 Å². The first kappa shape index (κ1) is 22.3. The summed E-state index contributed by atoms with van der Waals surface area (Å²) in [6, 6.07) is 13.7. The Hall–Kier alpha value is -2.90. The van der Waals surface area contributed by atoms with Crippen LogP contribution in [-0.4, -0.2) is 35.0 Å². The van der Waals surface area contributed by atoms with Crippen LogP contribution in [0.3, 0.4) is 0 Å². The largest absolute Gasteiger partial charge is 0.491 e. The summed E-state index contributed by atoms with van der Waals surface area (Å²) in [7, 11) is 0. The van der Waals surface area contributed by atoms with Gasteiger partial charge in [0.1, 0.15) is 23.3 Å². The zero-order valence-corrected chi connectivity index (χ0v) is 18.6. The van der Waals surface area contributed by atoms with Crippen molar-refractivity contribution >= 4 is 17.5 Å². The van der Waals surface area contributed by atoms with Crippen LogP contribution in [0.4, 0.5) is 4.39 Å². The van der Waals surface area contributed by atoms with Crippen LogP contribution >= 0.6 is 11.6 Å². The number of aromatic nitrogens is 2. The number of hydrogen-bond acceptors (Lipinski definition) is 4. The normalized spacial score (nSPS) is 15.7. The average molecular weight is 458 g/mol. The summed E-state index contributed by atoms with van der Waals surface area (Å²) in [5.74, 6) is 0.173. The maximum absolute atomic E-state index is 13.1. The van der Waals surface area contributed by atoms with Gasteiger partial charge in [-0.15, -0.1) is 0 Å².